The van der Waals surface area contributed by atoms with E-state index in [2.05, 4.69) is 0 Å². The molecule has 1 heterocycles. The third-order valence-electron chi connectivity index (χ3n) is 8.63. The van der Waals surface area contributed by atoms with Gasteiger partial charge in [0, 0.05) is 0 Å². The fourth-order valence-corrected chi connectivity index (χ4v) is 14.6. The Morgan fingerprint density at radius 2 is 1.05 bits per heavy atom. The summed E-state index contributed by atoms with van der Waals surface area (Å²) >= 11 is -1.61. The fraction of sp³-hybridized carbons (Fsp3) is 0.733. The molecule has 5 rings (SSSR count). The van der Waals surface area contributed by atoms with E-state index in [-0.39, 0.29) is 13.1 Å². The predicted molar refractivity (Wildman–Crippen MR) is 178 cm³/mol. The van der Waals surface area contributed by atoms with Crippen LogP contribution >= 0.6 is 27.3 Å². The number of halogens is 2. The van der Waals surface area contributed by atoms with E-state index >= 15 is 0 Å². The molecule has 0 radical (unpaired) electrons. The van der Waals surface area contributed by atoms with Gasteiger partial charge in [-0.2, -0.15) is 6.67 Å². The summed E-state index contributed by atoms with van der Waals surface area (Å²) in [5.74, 6) is 0. The van der Waals surface area contributed by atoms with E-state index in [1.807, 2.05) is 34.9 Å². The predicted octanol–water partition coefficient (Wildman–Crippen LogP) is 7.87. The van der Waals surface area contributed by atoms with Gasteiger partial charge in [0.15, 0.2) is 20.0 Å². The quantitative estimate of drug-likeness (QED) is 0.168. The van der Waals surface area contributed by atoms with Gasteiger partial charge < -0.3 is 8.61 Å². The van der Waals surface area contributed by atoms with E-state index in [1.165, 1.54) is 36.2 Å². The minimum atomic E-state index is -3.32. The first-order valence-corrected chi connectivity index (χ1v) is 26.1. The van der Waals surface area contributed by atoms with Crippen molar-refractivity contribution in [2.24, 2.45) is 0 Å². The van der Waals surface area contributed by atoms with E-state index in [0.29, 0.717) is 7.92 Å². The van der Waals surface area contributed by atoms with Crippen LogP contribution in [0.4, 0.5) is 0 Å². The van der Waals surface area contributed by atoms with E-state index in [1.54, 1.807) is 77.0 Å². The Balaban J connectivity index is 0.000000184. The number of nitrogens with zero attached hydrogens (tertiary/aromatic N) is 2. The van der Waals surface area contributed by atoms with Gasteiger partial charge in [-0.3, -0.25) is 0 Å². The van der Waals surface area contributed by atoms with Gasteiger partial charge in [-0.25, -0.2) is 16.8 Å². The monoisotopic (exact) mass is 769 g/mol. The van der Waals surface area contributed by atoms with E-state index in [0.717, 1.165) is 33.4 Å². The molecule has 4 aliphatic rings. The van der Waals surface area contributed by atoms with Gasteiger partial charge in [0.1, 0.15) is 0 Å². The van der Waals surface area contributed by atoms with Crippen molar-refractivity contribution in [3.8, 4) is 0 Å². The summed E-state index contributed by atoms with van der Waals surface area (Å²) in [5, 5.41) is 0. The third kappa shape index (κ3) is 13.1. The van der Waals surface area contributed by atoms with Crippen molar-refractivity contribution in [2.45, 2.75) is 113 Å². The molecule has 0 bridgehead atoms. The second-order valence-electron chi connectivity index (χ2n) is 11.9. The van der Waals surface area contributed by atoms with Crippen molar-refractivity contribution in [1.82, 2.24) is 8.61 Å². The zero-order valence-electron chi connectivity index (χ0n) is 25.2. The summed E-state index contributed by atoms with van der Waals surface area (Å²) in [5.41, 5.74) is 4.69. The van der Waals surface area contributed by atoms with Crippen molar-refractivity contribution in [1.29, 1.82) is 0 Å². The SMILES string of the molecule is C1CCC(P(C2CCCCC2)C2CCCCC2)CC1.CS(=O)(=O)N1[CH-]N(S(C)(=O)=O)CC1.[Cl][Ru]([Cl])=[CH]c1ccccc1. The van der Waals surface area contributed by atoms with Crippen molar-refractivity contribution in [3.63, 3.8) is 0 Å². The molecule has 3 saturated carbocycles. The number of hydrogen-bond donors (Lipinski definition) is 0. The summed E-state index contributed by atoms with van der Waals surface area (Å²) in [7, 11) is 5.07. The zero-order valence-corrected chi connectivity index (χ0v) is 31.0. The van der Waals surface area contributed by atoms with Crippen LogP contribution in [0.3, 0.4) is 0 Å². The Morgan fingerprint density at radius 3 is 1.33 bits per heavy atom. The van der Waals surface area contributed by atoms with Gasteiger partial charge in [-0.15, -0.1) is 0 Å². The number of benzene rings is 1. The Bertz CT molecular complexity index is 1090. The Kier molecular flexibility index (Phi) is 16.4. The molecule has 1 aliphatic heterocycles. The second kappa shape index (κ2) is 18.6. The Labute approximate surface area is 270 Å². The molecule has 1 aromatic rings. The minimum absolute atomic E-state index is 0.186. The fourth-order valence-electron chi connectivity index (χ4n) is 6.60. The molecule has 4 fully saturated rings. The van der Waals surface area contributed by atoms with Crippen molar-refractivity contribution >= 4 is 52.0 Å². The van der Waals surface area contributed by atoms with E-state index < -0.39 is 33.6 Å². The van der Waals surface area contributed by atoms with Gasteiger partial charge in [-0.05, 0) is 68.6 Å². The first kappa shape index (κ1) is 37.0. The molecule has 3 aliphatic carbocycles. The van der Waals surface area contributed by atoms with Crippen LogP contribution in [0.5, 0.6) is 0 Å². The van der Waals surface area contributed by atoms with Gasteiger partial charge in [-0.1, -0.05) is 65.7 Å². The number of sulfonamides is 2. The normalized spacial score (nSPS) is 22.5. The third-order valence-corrected chi connectivity index (χ3v) is 16.8. The van der Waals surface area contributed by atoms with Crippen LogP contribution in [0.2, 0.25) is 0 Å². The molecule has 0 spiro atoms. The summed E-state index contributed by atoms with van der Waals surface area (Å²) < 4.78 is 47.9. The second-order valence-corrected chi connectivity index (χ2v) is 24.6. The average Bonchev–Trinajstić information content (AvgIpc) is 3.49. The average molecular weight is 770 g/mol. The van der Waals surface area contributed by atoms with Crippen LogP contribution in [-0.2, 0) is 33.6 Å². The van der Waals surface area contributed by atoms with Crippen molar-refractivity contribution in [3.05, 3.63) is 42.6 Å². The summed E-state index contributed by atoms with van der Waals surface area (Å²) in [6.45, 7) is 1.47. The van der Waals surface area contributed by atoms with Crippen molar-refractivity contribution < 1.29 is 30.4 Å². The van der Waals surface area contributed by atoms with Crippen LogP contribution in [-0.4, -0.2) is 72.6 Å². The molecule has 244 valence electrons. The maximum atomic E-state index is 11.0. The van der Waals surface area contributed by atoms with Gasteiger partial charge >= 0.3 is 73.4 Å². The molecule has 42 heavy (non-hydrogen) atoms. The van der Waals surface area contributed by atoms with Crippen LogP contribution < -0.4 is 0 Å². The standard InChI is InChI=1S/C18H33P.C7H6.C5H11N2O4S2.2ClH.Ru/c1-4-10-16(11-5-1)19(17-12-6-2-7-13-17)18-14-8-3-9-15-18;1-7-5-3-2-4-6-7;1-12(8,9)6-3-4-7(5-6)13(2,10)11;;;/h16-18H,1-15H2;1-6H;5H,3-4H2,1-2H3;2*1H;/q;;-1;;;+2/p-2. The first-order chi connectivity index (χ1) is 19.9. The summed E-state index contributed by atoms with van der Waals surface area (Å²) in [6, 6.07) is 9.89. The molecule has 0 amide bonds. The molecule has 0 N–H and O–H groups in total. The van der Waals surface area contributed by atoms with E-state index in [4.69, 9.17) is 19.4 Å². The summed E-state index contributed by atoms with van der Waals surface area (Å²) in [4.78, 5) is 0. The molecule has 12 heteroatoms. The van der Waals surface area contributed by atoms with Crippen LogP contribution in [0.15, 0.2) is 30.3 Å². The molecule has 6 nitrogen and oxygen atoms in total. The number of hydrogen-bond acceptors (Lipinski definition) is 4. The van der Waals surface area contributed by atoms with Gasteiger partial charge in [0.25, 0.3) is 0 Å². The Morgan fingerprint density at radius 1 is 0.690 bits per heavy atom. The topological polar surface area (TPSA) is 74.8 Å². The van der Waals surface area contributed by atoms with Crippen molar-refractivity contribution in [2.75, 3.05) is 25.6 Å². The maximum absolute atomic E-state index is 11.0. The molecule has 0 atom stereocenters. The van der Waals surface area contributed by atoms with Gasteiger partial charge in [0.2, 0.25) is 0 Å². The van der Waals surface area contributed by atoms with Gasteiger partial charge in [0.05, 0.1) is 12.5 Å². The first-order valence-electron chi connectivity index (χ1n) is 15.4. The molecule has 0 unspecified atom stereocenters. The van der Waals surface area contributed by atoms with E-state index in [9.17, 15) is 16.8 Å². The van der Waals surface area contributed by atoms with Crippen LogP contribution in [0.25, 0.3) is 0 Å². The summed E-state index contributed by atoms with van der Waals surface area (Å²) in [6.07, 6.45) is 25.7. The van der Waals surface area contributed by atoms with Crippen LogP contribution in [0, 0.1) is 6.67 Å². The Hall–Kier alpha value is 0.543. The molecule has 0 aromatic heterocycles. The molecule has 1 aromatic carbocycles. The van der Waals surface area contributed by atoms with Crippen LogP contribution in [0.1, 0.15) is 102 Å². The molecule has 1 saturated heterocycles. The molecular formula is C30H50Cl2N2O4PRuS2-. The number of rotatable bonds is 6. The zero-order chi connectivity index (χ0) is 30.6. The molecular weight excluding hydrogens is 719 g/mol.